The van der Waals surface area contributed by atoms with E-state index in [0.29, 0.717) is 12.5 Å². The summed E-state index contributed by atoms with van der Waals surface area (Å²) in [6, 6.07) is 5.76. The molecule has 0 aliphatic carbocycles. The van der Waals surface area contributed by atoms with Crippen LogP contribution in [0.25, 0.3) is 11.1 Å². The third kappa shape index (κ3) is 3.42. The van der Waals surface area contributed by atoms with Crippen molar-refractivity contribution in [1.29, 1.82) is 0 Å². The number of ether oxygens (including phenoxy) is 1. The Kier molecular flexibility index (Phi) is 4.70. The van der Waals surface area contributed by atoms with E-state index in [1.165, 1.54) is 0 Å². The Labute approximate surface area is 119 Å². The Bertz CT molecular complexity index is 546. The van der Waals surface area contributed by atoms with Crippen molar-refractivity contribution in [2.75, 3.05) is 25.6 Å². The largest absolute Gasteiger partial charge is 0.496 e. The van der Waals surface area contributed by atoms with Crippen molar-refractivity contribution in [3.8, 4) is 16.9 Å². The van der Waals surface area contributed by atoms with Crippen LogP contribution in [0.5, 0.6) is 5.75 Å². The van der Waals surface area contributed by atoms with Gasteiger partial charge in [0.25, 0.3) is 0 Å². The number of methoxy groups -OCH3 is 1. The summed E-state index contributed by atoms with van der Waals surface area (Å²) in [5.74, 6) is 1.26. The molecule has 19 heavy (non-hydrogen) atoms. The molecule has 5 nitrogen and oxygen atoms in total. The van der Waals surface area contributed by atoms with Crippen LogP contribution in [0.1, 0.15) is 0 Å². The second-order valence-electron chi connectivity index (χ2n) is 3.79. The highest BCUT2D eigenvalue weighted by Crippen LogP contribution is 2.31. The van der Waals surface area contributed by atoms with Gasteiger partial charge in [-0.25, -0.2) is 9.97 Å². The lowest BCUT2D eigenvalue weighted by molar-refractivity contribution is 0.311. The molecule has 0 spiro atoms. The van der Waals surface area contributed by atoms with Crippen molar-refractivity contribution in [2.24, 2.45) is 0 Å². The summed E-state index contributed by atoms with van der Waals surface area (Å²) in [6.45, 7) is 0.476. The highest BCUT2D eigenvalue weighted by molar-refractivity contribution is 9.10. The predicted molar refractivity (Wildman–Crippen MR) is 77.3 cm³/mol. The van der Waals surface area contributed by atoms with Gasteiger partial charge in [0.2, 0.25) is 5.95 Å². The maximum atomic E-state index is 8.72. The highest BCUT2D eigenvalue weighted by Gasteiger charge is 2.07. The van der Waals surface area contributed by atoms with Gasteiger partial charge in [0.05, 0.1) is 13.7 Å². The third-order valence-corrected chi connectivity index (χ3v) is 3.01. The fraction of sp³-hybridized carbons (Fsp3) is 0.231. The van der Waals surface area contributed by atoms with E-state index in [4.69, 9.17) is 9.84 Å². The van der Waals surface area contributed by atoms with Crippen LogP contribution in [-0.4, -0.2) is 35.3 Å². The Balaban J connectivity index is 2.29. The van der Waals surface area contributed by atoms with Crippen molar-refractivity contribution >= 4 is 21.9 Å². The lowest BCUT2D eigenvalue weighted by atomic mass is 10.1. The molecule has 2 aromatic rings. The molecule has 0 fully saturated rings. The molecule has 2 N–H and O–H groups in total. The molecule has 2 rings (SSSR count). The summed E-state index contributed by atoms with van der Waals surface area (Å²) in [4.78, 5) is 8.39. The monoisotopic (exact) mass is 323 g/mol. The van der Waals surface area contributed by atoms with Crippen LogP contribution < -0.4 is 10.1 Å². The van der Waals surface area contributed by atoms with E-state index < -0.39 is 0 Å². The highest BCUT2D eigenvalue weighted by atomic mass is 79.9. The number of hydrogen-bond donors (Lipinski definition) is 2. The third-order valence-electron chi connectivity index (χ3n) is 2.52. The summed E-state index contributed by atoms with van der Waals surface area (Å²) in [7, 11) is 1.63. The van der Waals surface area contributed by atoms with Crippen molar-refractivity contribution < 1.29 is 9.84 Å². The molecule has 100 valence electrons. The smallest absolute Gasteiger partial charge is 0.222 e. The molecule has 0 aliphatic rings. The van der Waals surface area contributed by atoms with Crippen molar-refractivity contribution in [1.82, 2.24) is 9.97 Å². The number of rotatable bonds is 5. The first-order chi connectivity index (χ1) is 9.24. The molecule has 1 aromatic heterocycles. The molecule has 1 aromatic carbocycles. The average molecular weight is 324 g/mol. The molecule has 6 heteroatoms. The number of aliphatic hydroxyl groups excluding tert-OH is 1. The Morgan fingerprint density at radius 2 is 2.05 bits per heavy atom. The molecule has 0 radical (unpaired) electrons. The van der Waals surface area contributed by atoms with Gasteiger partial charge in [-0.1, -0.05) is 15.9 Å². The normalized spacial score (nSPS) is 10.3. The standard InChI is InChI=1S/C13H14BrN3O2/c1-19-12-3-2-10(14)6-11(12)9-7-16-13(17-8-9)15-4-5-18/h2-3,6-8,18H,4-5H2,1H3,(H,15,16,17). The van der Waals surface area contributed by atoms with Gasteiger partial charge in [0, 0.05) is 34.5 Å². The molecule has 0 atom stereocenters. The summed E-state index contributed by atoms with van der Waals surface area (Å²) in [6.07, 6.45) is 3.44. The lowest BCUT2D eigenvalue weighted by Crippen LogP contribution is -2.08. The number of aromatic nitrogens is 2. The Hall–Kier alpha value is -1.66. The van der Waals surface area contributed by atoms with E-state index in [1.54, 1.807) is 19.5 Å². The number of hydrogen-bond acceptors (Lipinski definition) is 5. The minimum atomic E-state index is 0.0462. The Morgan fingerprint density at radius 3 is 2.68 bits per heavy atom. The number of nitrogens with one attached hydrogen (secondary N) is 1. The molecule has 1 heterocycles. The van der Waals surface area contributed by atoms with Gasteiger partial charge in [-0.05, 0) is 18.2 Å². The molecule has 0 saturated carbocycles. The van der Waals surface area contributed by atoms with E-state index in [1.807, 2.05) is 18.2 Å². The SMILES string of the molecule is COc1ccc(Br)cc1-c1cnc(NCCO)nc1. The van der Waals surface area contributed by atoms with Crippen LogP contribution in [0.3, 0.4) is 0 Å². The van der Waals surface area contributed by atoms with Crippen molar-refractivity contribution in [3.05, 3.63) is 35.1 Å². The van der Waals surface area contributed by atoms with Crippen LogP contribution in [0.2, 0.25) is 0 Å². The molecule has 0 unspecified atom stereocenters. The summed E-state index contributed by atoms with van der Waals surface area (Å²) >= 11 is 3.43. The predicted octanol–water partition coefficient (Wildman–Crippen LogP) is 2.32. The molecule has 0 amide bonds. The Morgan fingerprint density at radius 1 is 1.32 bits per heavy atom. The minimum Gasteiger partial charge on any atom is -0.496 e. The first-order valence-electron chi connectivity index (χ1n) is 5.75. The van der Waals surface area contributed by atoms with Gasteiger partial charge in [0.1, 0.15) is 5.75 Å². The quantitative estimate of drug-likeness (QED) is 0.883. The first-order valence-corrected chi connectivity index (χ1v) is 6.54. The topological polar surface area (TPSA) is 67.3 Å². The summed E-state index contributed by atoms with van der Waals surface area (Å²) in [5, 5.41) is 11.6. The van der Waals surface area contributed by atoms with E-state index in [-0.39, 0.29) is 6.61 Å². The molecular weight excluding hydrogens is 310 g/mol. The molecular formula is C13H14BrN3O2. The number of benzene rings is 1. The van der Waals surface area contributed by atoms with Gasteiger partial charge in [-0.15, -0.1) is 0 Å². The maximum absolute atomic E-state index is 8.72. The zero-order chi connectivity index (χ0) is 13.7. The summed E-state index contributed by atoms with van der Waals surface area (Å²) < 4.78 is 6.29. The van der Waals surface area contributed by atoms with Crippen molar-refractivity contribution in [3.63, 3.8) is 0 Å². The number of halogens is 1. The van der Waals surface area contributed by atoms with Crippen LogP contribution in [-0.2, 0) is 0 Å². The van der Waals surface area contributed by atoms with E-state index >= 15 is 0 Å². The van der Waals surface area contributed by atoms with Crippen molar-refractivity contribution in [2.45, 2.75) is 0 Å². The molecule has 0 bridgehead atoms. The van der Waals surface area contributed by atoms with E-state index in [0.717, 1.165) is 21.3 Å². The molecule has 0 saturated heterocycles. The fourth-order valence-electron chi connectivity index (χ4n) is 1.63. The van der Waals surface area contributed by atoms with Crippen LogP contribution >= 0.6 is 15.9 Å². The number of aliphatic hydroxyl groups is 1. The van der Waals surface area contributed by atoms with Gasteiger partial charge in [-0.3, -0.25) is 0 Å². The second kappa shape index (κ2) is 6.49. The summed E-state index contributed by atoms with van der Waals surface area (Å²) in [5.41, 5.74) is 1.79. The maximum Gasteiger partial charge on any atom is 0.222 e. The first kappa shape index (κ1) is 13.8. The van der Waals surface area contributed by atoms with Crippen LogP contribution in [0, 0.1) is 0 Å². The number of anilines is 1. The van der Waals surface area contributed by atoms with Gasteiger partial charge < -0.3 is 15.2 Å². The number of nitrogens with zero attached hydrogens (tertiary/aromatic N) is 2. The van der Waals surface area contributed by atoms with E-state index in [2.05, 4.69) is 31.2 Å². The minimum absolute atomic E-state index is 0.0462. The van der Waals surface area contributed by atoms with Gasteiger partial charge in [-0.2, -0.15) is 0 Å². The van der Waals surface area contributed by atoms with Gasteiger partial charge in [0.15, 0.2) is 0 Å². The average Bonchev–Trinajstić information content (AvgIpc) is 2.45. The zero-order valence-electron chi connectivity index (χ0n) is 10.4. The van der Waals surface area contributed by atoms with E-state index in [9.17, 15) is 0 Å². The fourth-order valence-corrected chi connectivity index (χ4v) is 1.99. The van der Waals surface area contributed by atoms with Crippen LogP contribution in [0.4, 0.5) is 5.95 Å². The lowest BCUT2D eigenvalue weighted by Gasteiger charge is -2.09. The molecule has 0 aliphatic heterocycles. The second-order valence-corrected chi connectivity index (χ2v) is 4.71. The van der Waals surface area contributed by atoms with Gasteiger partial charge >= 0.3 is 0 Å². The zero-order valence-corrected chi connectivity index (χ0v) is 12.0. The van der Waals surface area contributed by atoms with Crippen LogP contribution in [0.15, 0.2) is 35.1 Å².